The quantitative estimate of drug-likeness (QED) is 0.491. The second-order valence-corrected chi connectivity index (χ2v) is 1.67. The Morgan fingerprint density at radius 3 is 2.38 bits per heavy atom. The van der Waals surface area contributed by atoms with Crippen LogP contribution < -0.4 is 0 Å². The van der Waals surface area contributed by atoms with E-state index in [0.29, 0.717) is 0 Å². The summed E-state index contributed by atoms with van der Waals surface area (Å²) in [6, 6.07) is 0. The van der Waals surface area contributed by atoms with Gasteiger partial charge in [0.1, 0.15) is 0 Å². The SMILES string of the molecule is CCCOS(=O)[O-].O. The van der Waals surface area contributed by atoms with Gasteiger partial charge in [-0.2, -0.15) is 0 Å². The van der Waals surface area contributed by atoms with Crippen molar-refractivity contribution in [1.82, 2.24) is 0 Å². The summed E-state index contributed by atoms with van der Waals surface area (Å²) in [5, 5.41) is 0. The smallest absolute Gasteiger partial charge is 0.0842 e. The van der Waals surface area contributed by atoms with Crippen molar-refractivity contribution in [3.05, 3.63) is 0 Å². The summed E-state index contributed by atoms with van der Waals surface area (Å²) in [5.74, 6) is 0. The first-order valence-corrected chi connectivity index (χ1v) is 3.00. The molecule has 0 aliphatic carbocycles. The zero-order valence-corrected chi connectivity index (χ0v) is 5.36. The maximum absolute atomic E-state index is 9.54. The Hall–Kier alpha value is 0.0300. The van der Waals surface area contributed by atoms with Crippen LogP contribution in [0.2, 0.25) is 0 Å². The second-order valence-electron chi connectivity index (χ2n) is 1.03. The van der Waals surface area contributed by atoms with E-state index >= 15 is 0 Å². The molecule has 0 saturated heterocycles. The van der Waals surface area contributed by atoms with Gasteiger partial charge in [-0.05, 0) is 6.42 Å². The van der Waals surface area contributed by atoms with Gasteiger partial charge < -0.3 is 14.2 Å². The molecule has 0 aliphatic rings. The molecule has 0 bridgehead atoms. The summed E-state index contributed by atoms with van der Waals surface area (Å²) < 4.78 is 23.2. The minimum atomic E-state index is -2.32. The number of hydrogen-bond acceptors (Lipinski definition) is 3. The van der Waals surface area contributed by atoms with Crippen LogP contribution in [0.3, 0.4) is 0 Å². The molecule has 0 spiro atoms. The van der Waals surface area contributed by atoms with Gasteiger partial charge in [0.05, 0.1) is 18.0 Å². The fraction of sp³-hybridized carbons (Fsp3) is 1.00. The Bertz CT molecular complexity index is 64.3. The molecule has 0 aromatic carbocycles. The average Bonchev–Trinajstić information content (AvgIpc) is 1.61. The third kappa shape index (κ3) is 9.39. The van der Waals surface area contributed by atoms with Gasteiger partial charge in [0.2, 0.25) is 0 Å². The van der Waals surface area contributed by atoms with Gasteiger partial charge in [-0.3, -0.25) is 0 Å². The van der Waals surface area contributed by atoms with Crippen LogP contribution in [0.5, 0.6) is 0 Å². The highest BCUT2D eigenvalue weighted by Crippen LogP contribution is 1.80. The largest absolute Gasteiger partial charge is 0.750 e. The molecule has 1 atom stereocenters. The van der Waals surface area contributed by atoms with Crippen molar-refractivity contribution in [2.24, 2.45) is 0 Å². The van der Waals surface area contributed by atoms with Crippen LogP contribution in [0.25, 0.3) is 0 Å². The fourth-order valence-corrected chi connectivity index (χ4v) is 0.454. The molecule has 0 radical (unpaired) electrons. The minimum absolute atomic E-state index is 0. The van der Waals surface area contributed by atoms with Crippen LogP contribution in [-0.2, 0) is 15.5 Å². The summed E-state index contributed by atoms with van der Waals surface area (Å²) in [5.41, 5.74) is 0. The van der Waals surface area contributed by atoms with Crippen molar-refractivity contribution in [1.29, 1.82) is 0 Å². The molecule has 52 valence electrons. The van der Waals surface area contributed by atoms with Crippen molar-refractivity contribution in [3.8, 4) is 0 Å². The Balaban J connectivity index is 0. The lowest BCUT2D eigenvalue weighted by molar-refractivity contribution is 0.300. The van der Waals surface area contributed by atoms with Crippen LogP contribution in [0, 0.1) is 0 Å². The van der Waals surface area contributed by atoms with E-state index in [1.165, 1.54) is 0 Å². The number of hydrogen-bond donors (Lipinski definition) is 0. The van der Waals surface area contributed by atoms with Crippen molar-refractivity contribution < 1.29 is 18.4 Å². The van der Waals surface area contributed by atoms with Crippen molar-refractivity contribution in [2.75, 3.05) is 6.61 Å². The Morgan fingerprint density at radius 1 is 1.75 bits per heavy atom. The lowest BCUT2D eigenvalue weighted by Gasteiger charge is -2.01. The highest BCUT2D eigenvalue weighted by atomic mass is 32.2. The third-order valence-electron chi connectivity index (χ3n) is 0.384. The molecular formula is C3H9O4S-. The molecule has 8 heavy (non-hydrogen) atoms. The number of rotatable bonds is 3. The monoisotopic (exact) mass is 141 g/mol. The van der Waals surface area contributed by atoms with E-state index in [9.17, 15) is 8.76 Å². The molecule has 0 amide bonds. The molecular weight excluding hydrogens is 132 g/mol. The standard InChI is InChI=1S/C3H8O3S.H2O/c1-2-3-6-7(4)5;/h2-3H2,1H3,(H,4,5);1H2/p-1. The summed E-state index contributed by atoms with van der Waals surface area (Å²) in [6.07, 6.45) is 0.730. The van der Waals surface area contributed by atoms with Crippen molar-refractivity contribution in [3.63, 3.8) is 0 Å². The predicted molar refractivity (Wildman–Crippen MR) is 28.8 cm³/mol. The van der Waals surface area contributed by atoms with Crippen LogP contribution in [-0.4, -0.2) is 20.8 Å². The van der Waals surface area contributed by atoms with Gasteiger partial charge in [-0.1, -0.05) is 6.92 Å². The summed E-state index contributed by atoms with van der Waals surface area (Å²) in [4.78, 5) is 0. The zero-order chi connectivity index (χ0) is 5.70. The van der Waals surface area contributed by atoms with Crippen LogP contribution in [0.1, 0.15) is 13.3 Å². The Kier molecular flexibility index (Phi) is 9.59. The normalized spacial score (nSPS) is 12.2. The molecule has 0 aromatic rings. The molecule has 0 fully saturated rings. The van der Waals surface area contributed by atoms with E-state index < -0.39 is 11.4 Å². The summed E-state index contributed by atoms with van der Waals surface area (Å²) in [7, 11) is 0. The highest BCUT2D eigenvalue weighted by molar-refractivity contribution is 7.74. The predicted octanol–water partition coefficient (Wildman–Crippen LogP) is -0.618. The van der Waals surface area contributed by atoms with E-state index in [0.717, 1.165) is 6.42 Å². The van der Waals surface area contributed by atoms with E-state index in [1.807, 2.05) is 6.92 Å². The Morgan fingerprint density at radius 2 is 2.25 bits per heavy atom. The molecule has 2 N–H and O–H groups in total. The molecule has 4 nitrogen and oxygen atoms in total. The van der Waals surface area contributed by atoms with Crippen molar-refractivity contribution >= 4 is 11.4 Å². The maximum atomic E-state index is 9.54. The van der Waals surface area contributed by atoms with Gasteiger partial charge in [0.15, 0.2) is 0 Å². The summed E-state index contributed by atoms with van der Waals surface area (Å²) >= 11 is -2.32. The molecule has 0 rings (SSSR count). The van der Waals surface area contributed by atoms with E-state index in [1.54, 1.807) is 0 Å². The van der Waals surface area contributed by atoms with Crippen LogP contribution >= 0.6 is 0 Å². The van der Waals surface area contributed by atoms with Gasteiger partial charge >= 0.3 is 0 Å². The average molecular weight is 141 g/mol. The molecule has 0 heterocycles. The van der Waals surface area contributed by atoms with Crippen LogP contribution in [0.15, 0.2) is 0 Å². The fourth-order valence-electron chi connectivity index (χ4n) is 0.151. The van der Waals surface area contributed by atoms with Gasteiger partial charge in [-0.15, -0.1) is 0 Å². The summed E-state index contributed by atoms with van der Waals surface area (Å²) in [6.45, 7) is 2.13. The first-order valence-electron chi connectivity index (χ1n) is 2.00. The lowest BCUT2D eigenvalue weighted by Crippen LogP contribution is -1.95. The van der Waals surface area contributed by atoms with E-state index in [-0.39, 0.29) is 12.1 Å². The third-order valence-corrected chi connectivity index (χ3v) is 0.743. The van der Waals surface area contributed by atoms with Gasteiger partial charge in [0, 0.05) is 0 Å². The minimum Gasteiger partial charge on any atom is -0.750 e. The van der Waals surface area contributed by atoms with Gasteiger partial charge in [-0.25, -0.2) is 4.21 Å². The van der Waals surface area contributed by atoms with E-state index in [4.69, 9.17) is 0 Å². The molecule has 0 aromatic heterocycles. The molecule has 1 unspecified atom stereocenters. The van der Waals surface area contributed by atoms with E-state index in [2.05, 4.69) is 4.18 Å². The van der Waals surface area contributed by atoms with Crippen molar-refractivity contribution in [2.45, 2.75) is 13.3 Å². The zero-order valence-electron chi connectivity index (χ0n) is 4.55. The lowest BCUT2D eigenvalue weighted by atomic mass is 10.5. The second kappa shape index (κ2) is 7.03. The first-order chi connectivity index (χ1) is 3.27. The molecule has 0 aliphatic heterocycles. The first kappa shape index (κ1) is 10.9. The maximum Gasteiger partial charge on any atom is 0.0842 e. The topological polar surface area (TPSA) is 80.9 Å². The highest BCUT2D eigenvalue weighted by Gasteiger charge is 1.77. The van der Waals surface area contributed by atoms with Gasteiger partial charge in [0.25, 0.3) is 0 Å². The molecule has 0 saturated carbocycles. The van der Waals surface area contributed by atoms with Crippen LogP contribution in [0.4, 0.5) is 0 Å². The molecule has 5 heteroatoms. The Labute approximate surface area is 50.6 Å².